The summed E-state index contributed by atoms with van der Waals surface area (Å²) in [7, 11) is 0. The van der Waals surface area contributed by atoms with E-state index in [9.17, 15) is 9.59 Å². The SMILES string of the molecule is CCOC(=O)/C(=N\N)C(=O)Cc1ccc(C)cc1. The van der Waals surface area contributed by atoms with Crippen LogP contribution in [0.15, 0.2) is 29.4 Å². The fourth-order valence-corrected chi connectivity index (χ4v) is 1.41. The summed E-state index contributed by atoms with van der Waals surface area (Å²) in [6.45, 7) is 3.78. The van der Waals surface area contributed by atoms with Gasteiger partial charge in [0.1, 0.15) is 0 Å². The zero-order valence-electron chi connectivity index (χ0n) is 10.5. The summed E-state index contributed by atoms with van der Waals surface area (Å²) >= 11 is 0. The second-order valence-electron chi connectivity index (χ2n) is 3.78. The van der Waals surface area contributed by atoms with Crippen molar-refractivity contribution in [2.75, 3.05) is 6.61 Å². The molecule has 0 aliphatic heterocycles. The molecule has 0 aliphatic carbocycles. The Labute approximate surface area is 106 Å². The van der Waals surface area contributed by atoms with Gasteiger partial charge in [-0.1, -0.05) is 29.8 Å². The van der Waals surface area contributed by atoms with Crippen LogP contribution in [0.25, 0.3) is 0 Å². The van der Waals surface area contributed by atoms with E-state index < -0.39 is 11.8 Å². The monoisotopic (exact) mass is 248 g/mol. The van der Waals surface area contributed by atoms with Crippen LogP contribution in [0.4, 0.5) is 0 Å². The lowest BCUT2D eigenvalue weighted by Gasteiger charge is -2.04. The highest BCUT2D eigenvalue weighted by Crippen LogP contribution is 2.05. The van der Waals surface area contributed by atoms with Gasteiger partial charge in [-0.15, -0.1) is 0 Å². The number of carbonyl (C=O) groups is 2. The number of nitrogens with two attached hydrogens (primary N) is 1. The molecule has 0 amide bonds. The van der Waals surface area contributed by atoms with Crippen molar-refractivity contribution in [2.24, 2.45) is 10.9 Å². The number of rotatable bonds is 5. The lowest BCUT2D eigenvalue weighted by atomic mass is 10.0. The number of ketones is 1. The highest BCUT2D eigenvalue weighted by molar-refractivity contribution is 6.64. The molecular weight excluding hydrogens is 232 g/mol. The van der Waals surface area contributed by atoms with Crippen LogP contribution < -0.4 is 5.84 Å². The molecule has 0 atom stereocenters. The molecule has 1 aromatic rings. The molecule has 5 nitrogen and oxygen atoms in total. The standard InChI is InChI=1S/C13H16N2O3/c1-3-18-13(17)12(15-14)11(16)8-10-6-4-9(2)5-7-10/h4-7H,3,8,14H2,1-2H3/b15-12-. The van der Waals surface area contributed by atoms with Crippen LogP contribution in [-0.4, -0.2) is 24.1 Å². The molecule has 0 saturated heterocycles. The molecule has 0 heterocycles. The van der Waals surface area contributed by atoms with E-state index in [1.807, 2.05) is 31.2 Å². The molecule has 0 aromatic heterocycles. The number of esters is 1. The van der Waals surface area contributed by atoms with E-state index in [1.165, 1.54) is 0 Å². The number of ether oxygens (including phenoxy) is 1. The number of hydrogen-bond donors (Lipinski definition) is 1. The second-order valence-corrected chi connectivity index (χ2v) is 3.78. The number of benzene rings is 1. The van der Waals surface area contributed by atoms with Crippen LogP contribution in [0.3, 0.4) is 0 Å². The lowest BCUT2D eigenvalue weighted by molar-refractivity contribution is -0.135. The van der Waals surface area contributed by atoms with Gasteiger partial charge in [0.15, 0.2) is 5.78 Å². The van der Waals surface area contributed by atoms with Crippen LogP contribution >= 0.6 is 0 Å². The van der Waals surface area contributed by atoms with Crippen molar-refractivity contribution in [3.63, 3.8) is 0 Å². The number of hydrazone groups is 1. The molecule has 1 rings (SSSR count). The summed E-state index contributed by atoms with van der Waals surface area (Å²) in [6, 6.07) is 7.44. The quantitative estimate of drug-likeness (QED) is 0.277. The Bertz CT molecular complexity index is 464. The zero-order valence-corrected chi connectivity index (χ0v) is 10.5. The molecule has 0 saturated carbocycles. The number of nitrogens with zero attached hydrogens (tertiary/aromatic N) is 1. The topological polar surface area (TPSA) is 81.8 Å². The third-order valence-electron chi connectivity index (χ3n) is 2.35. The normalized spacial score (nSPS) is 11.1. The van der Waals surface area contributed by atoms with E-state index in [0.29, 0.717) is 0 Å². The molecule has 0 radical (unpaired) electrons. The minimum Gasteiger partial charge on any atom is -0.461 e. The van der Waals surface area contributed by atoms with E-state index in [0.717, 1.165) is 11.1 Å². The summed E-state index contributed by atoms with van der Waals surface area (Å²) in [5, 5.41) is 3.21. The molecule has 5 heteroatoms. The molecule has 0 unspecified atom stereocenters. The Hall–Kier alpha value is -2.17. The van der Waals surface area contributed by atoms with Crippen LogP contribution in [0, 0.1) is 6.92 Å². The van der Waals surface area contributed by atoms with Gasteiger partial charge >= 0.3 is 5.97 Å². The number of hydrogen-bond acceptors (Lipinski definition) is 5. The average molecular weight is 248 g/mol. The number of carbonyl (C=O) groups excluding carboxylic acids is 2. The predicted octanol–water partition coefficient (Wildman–Crippen LogP) is 0.984. The van der Waals surface area contributed by atoms with Crippen molar-refractivity contribution in [3.8, 4) is 0 Å². The van der Waals surface area contributed by atoms with Crippen molar-refractivity contribution in [2.45, 2.75) is 20.3 Å². The maximum absolute atomic E-state index is 11.8. The smallest absolute Gasteiger partial charge is 0.362 e. The Morgan fingerprint density at radius 3 is 2.39 bits per heavy atom. The van der Waals surface area contributed by atoms with Gasteiger partial charge in [-0.3, -0.25) is 4.79 Å². The van der Waals surface area contributed by atoms with Crippen molar-refractivity contribution >= 4 is 17.5 Å². The van der Waals surface area contributed by atoms with E-state index >= 15 is 0 Å². The maximum atomic E-state index is 11.8. The molecule has 0 aliphatic rings. The predicted molar refractivity (Wildman–Crippen MR) is 68.1 cm³/mol. The highest BCUT2D eigenvalue weighted by atomic mass is 16.5. The van der Waals surface area contributed by atoms with Gasteiger partial charge in [-0.25, -0.2) is 4.79 Å². The first-order valence-electron chi connectivity index (χ1n) is 5.62. The molecule has 0 spiro atoms. The third kappa shape index (κ3) is 3.69. The minimum atomic E-state index is -0.780. The van der Waals surface area contributed by atoms with Crippen molar-refractivity contribution < 1.29 is 14.3 Å². The van der Waals surface area contributed by atoms with Crippen molar-refractivity contribution in [3.05, 3.63) is 35.4 Å². The molecule has 0 bridgehead atoms. The van der Waals surface area contributed by atoms with E-state index in [-0.39, 0.29) is 18.7 Å². The Morgan fingerprint density at radius 1 is 1.28 bits per heavy atom. The first kappa shape index (κ1) is 13.9. The molecule has 96 valence electrons. The summed E-state index contributed by atoms with van der Waals surface area (Å²) in [4.78, 5) is 23.2. The molecule has 0 fully saturated rings. The summed E-state index contributed by atoms with van der Waals surface area (Å²) in [5.74, 6) is 3.82. The Balaban J connectivity index is 2.75. The van der Waals surface area contributed by atoms with Crippen LogP contribution in [0.1, 0.15) is 18.1 Å². The summed E-state index contributed by atoms with van der Waals surface area (Å²) in [6.07, 6.45) is 0.0785. The minimum absolute atomic E-state index is 0.0785. The van der Waals surface area contributed by atoms with Crippen molar-refractivity contribution in [1.29, 1.82) is 0 Å². The van der Waals surface area contributed by atoms with Gasteiger partial charge in [-0.05, 0) is 19.4 Å². The van der Waals surface area contributed by atoms with Crippen LogP contribution in [0.2, 0.25) is 0 Å². The number of Topliss-reactive ketones (excluding diaryl/α,β-unsaturated/α-hetero) is 1. The number of aryl methyl sites for hydroxylation is 1. The average Bonchev–Trinajstić information content (AvgIpc) is 2.33. The largest absolute Gasteiger partial charge is 0.461 e. The first-order valence-corrected chi connectivity index (χ1v) is 5.62. The van der Waals surface area contributed by atoms with Gasteiger partial charge in [0.25, 0.3) is 0 Å². The van der Waals surface area contributed by atoms with E-state index in [1.54, 1.807) is 6.92 Å². The Morgan fingerprint density at radius 2 is 1.89 bits per heavy atom. The van der Waals surface area contributed by atoms with Gasteiger partial charge in [0.2, 0.25) is 5.71 Å². The van der Waals surface area contributed by atoms with Crippen LogP contribution in [0.5, 0.6) is 0 Å². The van der Waals surface area contributed by atoms with Gasteiger partial charge in [0, 0.05) is 6.42 Å². The third-order valence-corrected chi connectivity index (χ3v) is 2.35. The summed E-state index contributed by atoms with van der Waals surface area (Å²) in [5.41, 5.74) is 1.55. The van der Waals surface area contributed by atoms with Gasteiger partial charge < -0.3 is 10.6 Å². The van der Waals surface area contributed by atoms with Gasteiger partial charge in [0.05, 0.1) is 6.61 Å². The van der Waals surface area contributed by atoms with Gasteiger partial charge in [-0.2, -0.15) is 5.10 Å². The van der Waals surface area contributed by atoms with E-state index in [4.69, 9.17) is 10.6 Å². The summed E-state index contributed by atoms with van der Waals surface area (Å²) < 4.78 is 4.70. The highest BCUT2D eigenvalue weighted by Gasteiger charge is 2.21. The fraction of sp³-hybridized carbons (Fsp3) is 0.308. The lowest BCUT2D eigenvalue weighted by Crippen LogP contribution is -2.29. The molecule has 1 aromatic carbocycles. The van der Waals surface area contributed by atoms with Crippen LogP contribution in [-0.2, 0) is 20.7 Å². The molecular formula is C13H16N2O3. The molecule has 18 heavy (non-hydrogen) atoms. The van der Waals surface area contributed by atoms with E-state index in [2.05, 4.69) is 5.10 Å². The zero-order chi connectivity index (χ0) is 13.5. The fourth-order valence-electron chi connectivity index (χ4n) is 1.41. The Kier molecular flexibility index (Phi) is 5.05. The second kappa shape index (κ2) is 6.54. The first-order chi connectivity index (χ1) is 8.58. The van der Waals surface area contributed by atoms with Crippen molar-refractivity contribution in [1.82, 2.24) is 0 Å². The molecule has 2 N–H and O–H groups in total. The maximum Gasteiger partial charge on any atom is 0.362 e.